The molecule has 2 aromatic heterocycles. The van der Waals surface area contributed by atoms with E-state index < -0.39 is 0 Å². The van der Waals surface area contributed by atoms with Crippen LogP contribution < -0.4 is 5.73 Å². The fourth-order valence-electron chi connectivity index (χ4n) is 1.74. The third-order valence-electron chi connectivity index (χ3n) is 2.54. The minimum atomic E-state index is -0.343. The van der Waals surface area contributed by atoms with Crippen LogP contribution >= 0.6 is 27.5 Å². The fourth-order valence-corrected chi connectivity index (χ4v) is 2.52. The number of nitrogens with two attached hydrogens (primary N) is 1. The molecule has 4 nitrogen and oxygen atoms in total. The Hall–Kier alpha value is -0.780. The largest absolute Gasteiger partial charge is 0.453 e. The van der Waals surface area contributed by atoms with Gasteiger partial charge in [0.25, 0.3) is 0 Å². The van der Waals surface area contributed by atoms with Gasteiger partial charge in [-0.3, -0.25) is 4.68 Å². The standard InChI is InChI=1S/C11H13BrClN3O/c1-2-4-16-10(8(12)6-15-16)9(14)7-3-5-17-11(7)13/h3,5-6,9H,2,4,14H2,1H3. The van der Waals surface area contributed by atoms with Crippen molar-refractivity contribution in [1.29, 1.82) is 0 Å². The Kier molecular flexibility index (Phi) is 3.91. The zero-order valence-electron chi connectivity index (χ0n) is 9.36. The van der Waals surface area contributed by atoms with E-state index in [0.717, 1.165) is 28.7 Å². The van der Waals surface area contributed by atoms with Crippen molar-refractivity contribution in [3.05, 3.63) is 39.5 Å². The molecular formula is C11H13BrClN3O. The fraction of sp³-hybridized carbons (Fsp3) is 0.364. The molecule has 1 atom stereocenters. The lowest BCUT2D eigenvalue weighted by atomic mass is 10.1. The number of hydrogen-bond donors (Lipinski definition) is 1. The van der Waals surface area contributed by atoms with Crippen molar-refractivity contribution in [2.45, 2.75) is 25.9 Å². The van der Waals surface area contributed by atoms with Crippen molar-refractivity contribution in [2.75, 3.05) is 0 Å². The molecule has 0 aliphatic rings. The van der Waals surface area contributed by atoms with E-state index in [1.807, 2.05) is 4.68 Å². The summed E-state index contributed by atoms with van der Waals surface area (Å²) >= 11 is 9.40. The summed E-state index contributed by atoms with van der Waals surface area (Å²) in [5.74, 6) is 0. The lowest BCUT2D eigenvalue weighted by molar-refractivity contribution is 0.547. The maximum atomic E-state index is 6.20. The van der Waals surface area contributed by atoms with Gasteiger partial charge in [-0.05, 0) is 40.0 Å². The number of furan rings is 1. The number of rotatable bonds is 4. The molecule has 17 heavy (non-hydrogen) atoms. The topological polar surface area (TPSA) is 57.0 Å². The van der Waals surface area contributed by atoms with Crippen molar-refractivity contribution < 1.29 is 4.42 Å². The van der Waals surface area contributed by atoms with E-state index in [0.29, 0.717) is 5.22 Å². The highest BCUT2D eigenvalue weighted by molar-refractivity contribution is 9.10. The Bertz CT molecular complexity index is 509. The van der Waals surface area contributed by atoms with Gasteiger partial charge < -0.3 is 10.2 Å². The van der Waals surface area contributed by atoms with Gasteiger partial charge in [0.15, 0.2) is 5.22 Å². The average molecular weight is 319 g/mol. The summed E-state index contributed by atoms with van der Waals surface area (Å²) in [5.41, 5.74) is 7.88. The third-order valence-corrected chi connectivity index (χ3v) is 3.46. The second-order valence-corrected chi connectivity index (χ2v) is 4.93. The molecule has 2 N–H and O–H groups in total. The van der Waals surface area contributed by atoms with Gasteiger partial charge in [0.2, 0.25) is 0 Å². The first kappa shape index (κ1) is 12.7. The van der Waals surface area contributed by atoms with E-state index in [2.05, 4.69) is 28.0 Å². The quantitative estimate of drug-likeness (QED) is 0.940. The highest BCUT2D eigenvalue weighted by atomic mass is 79.9. The average Bonchev–Trinajstić information content (AvgIpc) is 2.86. The molecule has 2 aromatic rings. The lowest BCUT2D eigenvalue weighted by Gasteiger charge is -2.13. The predicted octanol–water partition coefficient (Wildman–Crippen LogP) is 3.35. The van der Waals surface area contributed by atoms with Gasteiger partial charge >= 0.3 is 0 Å². The van der Waals surface area contributed by atoms with Crippen LogP contribution in [0.25, 0.3) is 0 Å². The minimum Gasteiger partial charge on any atom is -0.453 e. The number of aromatic nitrogens is 2. The zero-order chi connectivity index (χ0) is 12.4. The molecule has 2 rings (SSSR count). The van der Waals surface area contributed by atoms with Crippen LogP contribution in [-0.4, -0.2) is 9.78 Å². The summed E-state index contributed by atoms with van der Waals surface area (Å²) in [4.78, 5) is 0. The first-order chi connectivity index (χ1) is 8.15. The van der Waals surface area contributed by atoms with Crippen molar-refractivity contribution in [1.82, 2.24) is 9.78 Å². The molecule has 0 aromatic carbocycles. The van der Waals surface area contributed by atoms with Crippen LogP contribution in [0.5, 0.6) is 0 Å². The van der Waals surface area contributed by atoms with Crippen molar-refractivity contribution in [3.63, 3.8) is 0 Å². The molecule has 0 saturated carbocycles. The van der Waals surface area contributed by atoms with Crippen LogP contribution in [0.3, 0.4) is 0 Å². The summed E-state index contributed by atoms with van der Waals surface area (Å²) in [7, 11) is 0. The number of halogens is 2. The Labute approximate surface area is 113 Å². The summed E-state index contributed by atoms with van der Waals surface area (Å²) in [5, 5.41) is 4.61. The van der Waals surface area contributed by atoms with Gasteiger partial charge in [0, 0.05) is 12.1 Å². The predicted molar refractivity (Wildman–Crippen MR) is 70.0 cm³/mol. The molecular weight excluding hydrogens is 305 g/mol. The van der Waals surface area contributed by atoms with Crippen LogP contribution in [0.15, 0.2) is 27.4 Å². The smallest absolute Gasteiger partial charge is 0.198 e. The molecule has 0 fully saturated rings. The maximum Gasteiger partial charge on any atom is 0.198 e. The molecule has 0 saturated heterocycles. The molecule has 0 amide bonds. The van der Waals surface area contributed by atoms with Gasteiger partial charge in [-0.15, -0.1) is 0 Å². The van der Waals surface area contributed by atoms with Gasteiger partial charge in [0.1, 0.15) is 0 Å². The maximum absolute atomic E-state index is 6.20. The Balaban J connectivity index is 2.39. The molecule has 2 heterocycles. The first-order valence-corrected chi connectivity index (χ1v) is 6.52. The molecule has 6 heteroatoms. The monoisotopic (exact) mass is 317 g/mol. The highest BCUT2D eigenvalue weighted by Gasteiger charge is 2.21. The number of aryl methyl sites for hydroxylation is 1. The summed E-state index contributed by atoms with van der Waals surface area (Å²) in [6, 6.07) is 1.44. The summed E-state index contributed by atoms with van der Waals surface area (Å²) in [6.45, 7) is 2.92. The molecule has 0 spiro atoms. The van der Waals surface area contributed by atoms with Crippen LogP contribution in [0, 0.1) is 0 Å². The summed E-state index contributed by atoms with van der Waals surface area (Å²) in [6.07, 6.45) is 4.28. The van der Waals surface area contributed by atoms with E-state index in [-0.39, 0.29) is 6.04 Å². The third kappa shape index (κ3) is 2.41. The molecule has 0 bridgehead atoms. The minimum absolute atomic E-state index is 0.327. The Morgan fingerprint density at radius 2 is 2.41 bits per heavy atom. The van der Waals surface area contributed by atoms with Crippen molar-refractivity contribution >= 4 is 27.5 Å². The van der Waals surface area contributed by atoms with Crippen LogP contribution in [0.1, 0.15) is 30.6 Å². The van der Waals surface area contributed by atoms with Gasteiger partial charge in [-0.2, -0.15) is 5.10 Å². The second-order valence-electron chi connectivity index (χ2n) is 3.73. The molecule has 0 aliphatic heterocycles. The number of hydrogen-bond acceptors (Lipinski definition) is 3. The van der Waals surface area contributed by atoms with Crippen molar-refractivity contribution in [3.8, 4) is 0 Å². The summed E-state index contributed by atoms with van der Waals surface area (Å²) < 4.78 is 7.84. The van der Waals surface area contributed by atoms with Crippen LogP contribution in [0.4, 0.5) is 0 Å². The second kappa shape index (κ2) is 5.25. The van der Waals surface area contributed by atoms with Gasteiger partial charge in [-0.25, -0.2) is 0 Å². The molecule has 92 valence electrons. The normalized spacial score (nSPS) is 12.9. The molecule has 1 unspecified atom stereocenters. The Morgan fingerprint density at radius 3 is 3.00 bits per heavy atom. The van der Waals surface area contributed by atoms with Gasteiger partial charge in [0.05, 0.1) is 28.7 Å². The van der Waals surface area contributed by atoms with E-state index in [1.54, 1.807) is 12.3 Å². The number of nitrogens with zero attached hydrogens (tertiary/aromatic N) is 2. The first-order valence-electron chi connectivity index (χ1n) is 5.34. The SMILES string of the molecule is CCCn1ncc(Br)c1C(N)c1ccoc1Cl. The van der Waals surface area contributed by atoms with Crippen LogP contribution in [0.2, 0.25) is 5.22 Å². The highest BCUT2D eigenvalue weighted by Crippen LogP contribution is 2.31. The molecule has 0 radical (unpaired) electrons. The lowest BCUT2D eigenvalue weighted by Crippen LogP contribution is -2.18. The Morgan fingerprint density at radius 1 is 1.65 bits per heavy atom. The van der Waals surface area contributed by atoms with E-state index >= 15 is 0 Å². The van der Waals surface area contributed by atoms with E-state index in [9.17, 15) is 0 Å². The van der Waals surface area contributed by atoms with Crippen LogP contribution in [-0.2, 0) is 6.54 Å². The van der Waals surface area contributed by atoms with E-state index in [1.165, 1.54) is 6.26 Å². The molecule has 0 aliphatic carbocycles. The zero-order valence-corrected chi connectivity index (χ0v) is 11.7. The van der Waals surface area contributed by atoms with E-state index in [4.69, 9.17) is 21.8 Å². The van der Waals surface area contributed by atoms with Crippen molar-refractivity contribution in [2.24, 2.45) is 5.73 Å². The van der Waals surface area contributed by atoms with Gasteiger partial charge in [-0.1, -0.05) is 6.92 Å².